The van der Waals surface area contributed by atoms with E-state index in [2.05, 4.69) is 12.1 Å². The number of phenolic OH excluding ortho intramolecular Hbond substituents is 1. The van der Waals surface area contributed by atoms with Crippen LogP contribution in [0.4, 0.5) is 5.13 Å². The Morgan fingerprint density at radius 1 is 0.967 bits per heavy atom. The van der Waals surface area contributed by atoms with E-state index in [-0.39, 0.29) is 11.8 Å². The van der Waals surface area contributed by atoms with Crippen molar-refractivity contribution in [1.82, 2.24) is 4.98 Å². The Labute approximate surface area is 183 Å². The van der Waals surface area contributed by atoms with Gasteiger partial charge in [-0.3, -0.25) is 0 Å². The first kappa shape index (κ1) is 18.9. The molecule has 0 spiro atoms. The number of rotatable bonds is 4. The molecule has 0 unspecified atom stereocenters. The van der Waals surface area contributed by atoms with Crippen LogP contribution < -0.4 is 5.01 Å². The Kier molecular flexibility index (Phi) is 4.99. The van der Waals surface area contributed by atoms with Crippen LogP contribution in [0, 0.1) is 0 Å². The van der Waals surface area contributed by atoms with Crippen molar-refractivity contribution >= 4 is 33.8 Å². The minimum Gasteiger partial charge on any atom is -0.507 e. The zero-order valence-electron chi connectivity index (χ0n) is 15.9. The van der Waals surface area contributed by atoms with Crippen LogP contribution in [0.25, 0.3) is 11.3 Å². The minimum absolute atomic E-state index is 0.0131. The number of thiazole rings is 1. The molecule has 1 aliphatic rings. The van der Waals surface area contributed by atoms with Gasteiger partial charge in [0.15, 0.2) is 0 Å². The third-order valence-electron chi connectivity index (χ3n) is 5.12. The zero-order chi connectivity index (χ0) is 20.5. The Hall–Kier alpha value is -3.15. The van der Waals surface area contributed by atoms with Gasteiger partial charge < -0.3 is 5.11 Å². The fourth-order valence-corrected chi connectivity index (χ4v) is 4.68. The smallest absolute Gasteiger partial charge is 0.207 e. The first-order valence-electron chi connectivity index (χ1n) is 9.60. The molecule has 148 valence electrons. The van der Waals surface area contributed by atoms with Crippen molar-refractivity contribution in [2.24, 2.45) is 5.10 Å². The van der Waals surface area contributed by atoms with Gasteiger partial charge in [-0.05, 0) is 29.8 Å². The van der Waals surface area contributed by atoms with Gasteiger partial charge in [0.2, 0.25) is 5.13 Å². The first-order valence-corrected chi connectivity index (χ1v) is 10.9. The zero-order valence-corrected chi connectivity index (χ0v) is 17.5. The predicted octanol–water partition coefficient (Wildman–Crippen LogP) is 6.52. The molecule has 4 aromatic rings. The monoisotopic (exact) mass is 431 g/mol. The molecule has 1 N–H and O–H groups in total. The number of hydrazone groups is 1. The molecule has 0 radical (unpaired) electrons. The highest BCUT2D eigenvalue weighted by Crippen LogP contribution is 2.40. The van der Waals surface area contributed by atoms with Crippen molar-refractivity contribution in [3.05, 3.63) is 100 Å². The molecule has 6 heteroatoms. The van der Waals surface area contributed by atoms with Crippen molar-refractivity contribution in [1.29, 1.82) is 0 Å². The average molecular weight is 432 g/mol. The summed E-state index contributed by atoms with van der Waals surface area (Å²) >= 11 is 7.70. The molecule has 3 aromatic carbocycles. The van der Waals surface area contributed by atoms with Crippen LogP contribution in [0.5, 0.6) is 5.75 Å². The summed E-state index contributed by atoms with van der Waals surface area (Å²) in [5, 5.41) is 20.7. The topological polar surface area (TPSA) is 48.7 Å². The lowest BCUT2D eigenvalue weighted by molar-refractivity contribution is 0.474. The summed E-state index contributed by atoms with van der Waals surface area (Å²) in [6.45, 7) is 0. The second-order valence-corrected chi connectivity index (χ2v) is 8.34. The lowest BCUT2D eigenvalue weighted by Crippen LogP contribution is -2.18. The maximum absolute atomic E-state index is 10.3. The van der Waals surface area contributed by atoms with Crippen molar-refractivity contribution < 1.29 is 5.11 Å². The molecular formula is C24H18ClN3OS. The molecular weight excluding hydrogens is 414 g/mol. The highest BCUT2D eigenvalue weighted by molar-refractivity contribution is 7.14. The van der Waals surface area contributed by atoms with E-state index >= 15 is 0 Å². The number of benzene rings is 3. The van der Waals surface area contributed by atoms with Gasteiger partial charge in [-0.1, -0.05) is 66.2 Å². The van der Waals surface area contributed by atoms with Crippen LogP contribution >= 0.6 is 22.9 Å². The molecule has 2 heterocycles. The van der Waals surface area contributed by atoms with Gasteiger partial charge in [0, 0.05) is 28.0 Å². The number of para-hydroxylation sites is 1. The average Bonchev–Trinajstić information content (AvgIpc) is 3.42. The van der Waals surface area contributed by atoms with Gasteiger partial charge in [0.1, 0.15) is 5.75 Å². The summed E-state index contributed by atoms with van der Waals surface area (Å²) in [5.41, 5.74) is 4.61. The van der Waals surface area contributed by atoms with E-state index < -0.39 is 0 Å². The van der Waals surface area contributed by atoms with Crippen LogP contribution in [-0.2, 0) is 0 Å². The normalized spacial score (nSPS) is 16.0. The van der Waals surface area contributed by atoms with Crippen molar-refractivity contribution in [2.45, 2.75) is 12.5 Å². The van der Waals surface area contributed by atoms with Crippen LogP contribution in [0.1, 0.15) is 23.6 Å². The summed E-state index contributed by atoms with van der Waals surface area (Å²) in [4.78, 5) is 4.85. The van der Waals surface area contributed by atoms with E-state index in [0.29, 0.717) is 11.4 Å². The highest BCUT2D eigenvalue weighted by atomic mass is 35.5. The summed E-state index contributed by atoms with van der Waals surface area (Å²) < 4.78 is 0. The lowest BCUT2D eigenvalue weighted by atomic mass is 9.98. The van der Waals surface area contributed by atoms with Crippen LogP contribution in [-0.4, -0.2) is 15.8 Å². The molecule has 1 aromatic heterocycles. The third kappa shape index (κ3) is 3.58. The fraction of sp³-hybridized carbons (Fsp3) is 0.0833. The Morgan fingerprint density at radius 2 is 1.77 bits per heavy atom. The van der Waals surface area contributed by atoms with Gasteiger partial charge in [0.05, 0.1) is 17.4 Å². The standard InChI is InChI=1S/C24H18ClN3OS/c25-18-10-6-9-17(13-18)21-15-30-24(26-21)28-22(16-7-2-1-3-8-16)14-20(27-28)19-11-4-5-12-23(19)29/h1-13,15,22,29H,14H2/t22-/m0/s1. The first-order chi connectivity index (χ1) is 14.7. The minimum atomic E-state index is 0.0131. The van der Waals surface area contributed by atoms with E-state index in [1.165, 1.54) is 0 Å². The van der Waals surface area contributed by atoms with E-state index in [9.17, 15) is 5.11 Å². The van der Waals surface area contributed by atoms with Crippen molar-refractivity contribution in [3.63, 3.8) is 0 Å². The van der Waals surface area contributed by atoms with Gasteiger partial charge in [-0.25, -0.2) is 9.99 Å². The molecule has 0 saturated heterocycles. The molecule has 0 amide bonds. The number of hydrogen-bond donors (Lipinski definition) is 1. The number of nitrogens with zero attached hydrogens (tertiary/aromatic N) is 3. The molecule has 0 fully saturated rings. The van der Waals surface area contributed by atoms with E-state index in [1.54, 1.807) is 17.4 Å². The van der Waals surface area contributed by atoms with E-state index in [4.69, 9.17) is 21.7 Å². The van der Waals surface area contributed by atoms with Crippen molar-refractivity contribution in [2.75, 3.05) is 5.01 Å². The van der Waals surface area contributed by atoms with Gasteiger partial charge in [0.25, 0.3) is 0 Å². The van der Waals surface area contributed by atoms with Crippen LogP contribution in [0.2, 0.25) is 5.02 Å². The van der Waals surface area contributed by atoms with E-state index in [0.717, 1.165) is 33.2 Å². The lowest BCUT2D eigenvalue weighted by Gasteiger charge is -2.21. The molecule has 4 nitrogen and oxygen atoms in total. The number of phenols is 1. The van der Waals surface area contributed by atoms with Crippen molar-refractivity contribution in [3.8, 4) is 17.0 Å². The summed E-state index contributed by atoms with van der Waals surface area (Å²) in [6, 6.07) is 25.3. The molecule has 1 atom stereocenters. The molecule has 0 bridgehead atoms. The largest absolute Gasteiger partial charge is 0.507 e. The number of anilines is 1. The summed E-state index contributed by atoms with van der Waals surface area (Å²) in [7, 11) is 0. The number of hydrogen-bond acceptors (Lipinski definition) is 5. The maximum atomic E-state index is 10.3. The molecule has 0 saturated carbocycles. The highest BCUT2D eigenvalue weighted by Gasteiger charge is 2.32. The SMILES string of the molecule is Oc1ccccc1C1=NN(c2nc(-c3cccc(Cl)c3)cs2)[C@H](c2ccccc2)C1. The Bertz CT molecular complexity index is 1220. The fourth-order valence-electron chi connectivity index (χ4n) is 3.65. The summed E-state index contributed by atoms with van der Waals surface area (Å²) in [6.07, 6.45) is 0.688. The number of halogens is 1. The molecule has 5 rings (SSSR count). The number of aromatic hydroxyl groups is 1. The molecule has 1 aliphatic heterocycles. The third-order valence-corrected chi connectivity index (χ3v) is 6.18. The Balaban J connectivity index is 1.55. The summed E-state index contributed by atoms with van der Waals surface area (Å²) in [5.74, 6) is 0.240. The second kappa shape index (κ2) is 7.94. The quantitative estimate of drug-likeness (QED) is 0.400. The maximum Gasteiger partial charge on any atom is 0.207 e. The van der Waals surface area contributed by atoms with Crippen LogP contribution in [0.3, 0.4) is 0 Å². The van der Waals surface area contributed by atoms with Gasteiger partial charge >= 0.3 is 0 Å². The number of aromatic nitrogens is 1. The Morgan fingerprint density at radius 3 is 2.57 bits per heavy atom. The van der Waals surface area contributed by atoms with Gasteiger partial charge in [-0.2, -0.15) is 5.10 Å². The molecule has 0 aliphatic carbocycles. The van der Waals surface area contributed by atoms with Gasteiger partial charge in [-0.15, -0.1) is 11.3 Å². The predicted molar refractivity (Wildman–Crippen MR) is 123 cm³/mol. The second-order valence-electron chi connectivity index (χ2n) is 7.06. The van der Waals surface area contributed by atoms with Crippen LogP contribution in [0.15, 0.2) is 89.3 Å². The molecule has 30 heavy (non-hydrogen) atoms. The van der Waals surface area contributed by atoms with E-state index in [1.807, 2.05) is 71.1 Å².